The monoisotopic (exact) mass is 281 g/mol. The van der Waals surface area contributed by atoms with Crippen LogP contribution in [0.5, 0.6) is 0 Å². The predicted octanol–water partition coefficient (Wildman–Crippen LogP) is 4.42. The minimum absolute atomic E-state index is 0.0640. The Hall–Kier alpha value is -0.960. The fourth-order valence-corrected chi connectivity index (χ4v) is 3.25. The Kier molecular flexibility index (Phi) is 5.53. The van der Waals surface area contributed by atoms with Gasteiger partial charge in [-0.05, 0) is 50.6 Å². The number of nitrogens with one attached hydrogen (secondary N) is 1. The Morgan fingerprint density at radius 2 is 1.85 bits per heavy atom. The van der Waals surface area contributed by atoms with Gasteiger partial charge in [0.2, 0.25) is 5.92 Å². The van der Waals surface area contributed by atoms with Gasteiger partial charge in [-0.25, -0.2) is 8.78 Å². The van der Waals surface area contributed by atoms with Crippen molar-refractivity contribution in [1.82, 2.24) is 5.32 Å². The molecule has 1 aromatic rings. The molecule has 0 saturated heterocycles. The molecule has 1 atom stereocenters. The molecule has 112 valence electrons. The van der Waals surface area contributed by atoms with Crippen molar-refractivity contribution in [3.8, 4) is 0 Å². The van der Waals surface area contributed by atoms with Crippen molar-refractivity contribution in [3.63, 3.8) is 0 Å². The number of alkyl halides is 2. The Morgan fingerprint density at radius 1 is 1.20 bits per heavy atom. The van der Waals surface area contributed by atoms with Crippen LogP contribution in [0.3, 0.4) is 0 Å². The lowest BCUT2D eigenvalue weighted by Crippen LogP contribution is -2.38. The maximum atomic E-state index is 13.2. The van der Waals surface area contributed by atoms with Gasteiger partial charge >= 0.3 is 0 Å². The minimum Gasteiger partial charge on any atom is -0.317 e. The molecule has 1 aromatic carbocycles. The first-order valence-corrected chi connectivity index (χ1v) is 7.70. The quantitative estimate of drug-likeness (QED) is 0.813. The summed E-state index contributed by atoms with van der Waals surface area (Å²) in [5.74, 6) is -2.01. The molecule has 1 nitrogen and oxygen atoms in total. The minimum atomic E-state index is -2.42. The third-order valence-corrected chi connectivity index (χ3v) is 4.53. The molecular formula is C17H25F2N. The first-order valence-electron chi connectivity index (χ1n) is 7.70. The zero-order valence-electron chi connectivity index (χ0n) is 12.2. The van der Waals surface area contributed by atoms with Crippen LogP contribution in [0.25, 0.3) is 0 Å². The molecule has 1 saturated carbocycles. The lowest BCUT2D eigenvalue weighted by atomic mass is 9.80. The van der Waals surface area contributed by atoms with Gasteiger partial charge in [-0.3, -0.25) is 0 Å². The van der Waals surface area contributed by atoms with Crippen LogP contribution < -0.4 is 5.32 Å². The lowest BCUT2D eigenvalue weighted by Gasteiger charge is -2.33. The molecule has 1 unspecified atom stereocenters. The smallest absolute Gasteiger partial charge is 0.248 e. The van der Waals surface area contributed by atoms with Crippen molar-refractivity contribution in [1.29, 1.82) is 0 Å². The molecule has 0 radical (unpaired) electrons. The molecule has 1 aliphatic carbocycles. The maximum absolute atomic E-state index is 13.2. The van der Waals surface area contributed by atoms with E-state index in [4.69, 9.17) is 0 Å². The highest BCUT2D eigenvalue weighted by Gasteiger charge is 2.36. The number of rotatable bonds is 6. The van der Waals surface area contributed by atoms with Crippen molar-refractivity contribution < 1.29 is 8.78 Å². The van der Waals surface area contributed by atoms with Crippen molar-refractivity contribution in [2.75, 3.05) is 7.05 Å². The van der Waals surface area contributed by atoms with Crippen molar-refractivity contribution in [3.05, 3.63) is 35.9 Å². The van der Waals surface area contributed by atoms with Crippen molar-refractivity contribution in [2.24, 2.45) is 5.92 Å². The van der Waals surface area contributed by atoms with Gasteiger partial charge in [-0.2, -0.15) is 0 Å². The molecule has 0 aromatic heterocycles. The molecule has 0 amide bonds. The zero-order valence-corrected chi connectivity index (χ0v) is 12.2. The van der Waals surface area contributed by atoms with Gasteiger partial charge in [0.1, 0.15) is 0 Å². The summed E-state index contributed by atoms with van der Waals surface area (Å²) in [4.78, 5) is 0. The normalized spacial score (nSPS) is 20.8. The van der Waals surface area contributed by atoms with Crippen LogP contribution in [0.15, 0.2) is 30.3 Å². The molecule has 1 N–H and O–H groups in total. The summed E-state index contributed by atoms with van der Waals surface area (Å²) < 4.78 is 26.4. The summed E-state index contributed by atoms with van der Waals surface area (Å²) in [6.07, 6.45) is 4.70. The molecule has 3 heteroatoms. The summed E-state index contributed by atoms with van der Waals surface area (Å²) in [6, 6.07) is 10.8. The molecule has 1 aliphatic rings. The van der Waals surface area contributed by atoms with E-state index in [2.05, 4.69) is 29.6 Å². The lowest BCUT2D eigenvalue weighted by molar-refractivity contribution is -0.0496. The number of hydrogen-bond acceptors (Lipinski definition) is 1. The second-order valence-electron chi connectivity index (χ2n) is 5.97. The van der Waals surface area contributed by atoms with E-state index in [1.807, 2.05) is 13.1 Å². The van der Waals surface area contributed by atoms with E-state index >= 15 is 0 Å². The van der Waals surface area contributed by atoms with Crippen LogP contribution >= 0.6 is 0 Å². The molecule has 20 heavy (non-hydrogen) atoms. The number of aryl methyl sites for hydroxylation is 1. The number of benzene rings is 1. The Morgan fingerprint density at radius 3 is 2.45 bits per heavy atom. The second kappa shape index (κ2) is 7.16. The van der Waals surface area contributed by atoms with Crippen LogP contribution in [-0.4, -0.2) is 19.0 Å². The van der Waals surface area contributed by atoms with E-state index < -0.39 is 5.92 Å². The van der Waals surface area contributed by atoms with E-state index in [0.717, 1.165) is 19.3 Å². The average molecular weight is 281 g/mol. The largest absolute Gasteiger partial charge is 0.317 e. The highest BCUT2D eigenvalue weighted by molar-refractivity contribution is 5.14. The summed E-state index contributed by atoms with van der Waals surface area (Å²) in [7, 11) is 1.96. The SMILES string of the molecule is CNC(CCCc1ccccc1)C1CCC(F)(F)CC1. The van der Waals surface area contributed by atoms with E-state index in [0.29, 0.717) is 24.8 Å². The summed E-state index contributed by atoms with van der Waals surface area (Å²) >= 11 is 0. The molecule has 0 heterocycles. The number of halogens is 2. The van der Waals surface area contributed by atoms with Crippen LogP contribution in [0.2, 0.25) is 0 Å². The highest BCUT2D eigenvalue weighted by Crippen LogP contribution is 2.38. The van der Waals surface area contributed by atoms with Gasteiger partial charge in [0.25, 0.3) is 0 Å². The maximum Gasteiger partial charge on any atom is 0.248 e. The van der Waals surface area contributed by atoms with Crippen LogP contribution in [0.4, 0.5) is 8.78 Å². The van der Waals surface area contributed by atoms with Gasteiger partial charge in [0, 0.05) is 18.9 Å². The molecule has 0 aliphatic heterocycles. The zero-order chi connectivity index (χ0) is 14.4. The molecule has 2 rings (SSSR count). The number of hydrogen-bond donors (Lipinski definition) is 1. The molecular weight excluding hydrogens is 256 g/mol. The summed E-state index contributed by atoms with van der Waals surface area (Å²) in [6.45, 7) is 0. The molecule has 0 bridgehead atoms. The summed E-state index contributed by atoms with van der Waals surface area (Å²) in [5.41, 5.74) is 1.36. The summed E-state index contributed by atoms with van der Waals surface area (Å²) in [5, 5.41) is 3.34. The Bertz CT molecular complexity index is 381. The van der Waals surface area contributed by atoms with E-state index in [1.165, 1.54) is 5.56 Å². The fourth-order valence-electron chi connectivity index (χ4n) is 3.25. The van der Waals surface area contributed by atoms with Crippen molar-refractivity contribution in [2.45, 2.75) is 56.9 Å². The van der Waals surface area contributed by atoms with Gasteiger partial charge in [0.15, 0.2) is 0 Å². The van der Waals surface area contributed by atoms with Gasteiger partial charge in [0.05, 0.1) is 0 Å². The van der Waals surface area contributed by atoms with Crippen LogP contribution in [0.1, 0.15) is 44.1 Å². The third-order valence-electron chi connectivity index (χ3n) is 4.53. The van der Waals surface area contributed by atoms with Crippen LogP contribution in [0, 0.1) is 5.92 Å². The predicted molar refractivity (Wildman–Crippen MR) is 79.1 cm³/mol. The van der Waals surface area contributed by atoms with Crippen molar-refractivity contribution >= 4 is 0 Å². The van der Waals surface area contributed by atoms with Gasteiger partial charge < -0.3 is 5.32 Å². The Balaban J connectivity index is 1.75. The van der Waals surface area contributed by atoms with Gasteiger partial charge in [-0.15, -0.1) is 0 Å². The first-order chi connectivity index (χ1) is 9.61. The first kappa shape index (κ1) is 15.4. The van der Waals surface area contributed by atoms with Crippen LogP contribution in [-0.2, 0) is 6.42 Å². The van der Waals surface area contributed by atoms with E-state index in [9.17, 15) is 8.78 Å². The Labute approximate surface area is 120 Å². The highest BCUT2D eigenvalue weighted by atomic mass is 19.3. The second-order valence-corrected chi connectivity index (χ2v) is 5.97. The van der Waals surface area contributed by atoms with Gasteiger partial charge in [-0.1, -0.05) is 30.3 Å². The fraction of sp³-hybridized carbons (Fsp3) is 0.647. The average Bonchev–Trinajstić information content (AvgIpc) is 2.45. The standard InChI is InChI=1S/C17H25F2N/c1-20-16(15-10-12-17(18,19)13-11-15)9-5-8-14-6-3-2-4-7-14/h2-4,6-7,15-16,20H,5,8-13H2,1H3. The van der Waals surface area contributed by atoms with E-state index in [-0.39, 0.29) is 12.8 Å². The third kappa shape index (κ3) is 4.55. The topological polar surface area (TPSA) is 12.0 Å². The molecule has 0 spiro atoms. The van der Waals surface area contributed by atoms with E-state index in [1.54, 1.807) is 0 Å². The molecule has 1 fully saturated rings.